The van der Waals surface area contributed by atoms with E-state index in [-0.39, 0.29) is 17.0 Å². The zero-order valence-corrected chi connectivity index (χ0v) is 15.2. The van der Waals surface area contributed by atoms with Crippen LogP contribution in [0.25, 0.3) is 5.65 Å². The molecule has 4 rings (SSSR count). The molecule has 7 heteroatoms. The molecule has 1 amide bonds. The zero-order valence-electron chi connectivity index (χ0n) is 15.2. The Morgan fingerprint density at radius 2 is 1.96 bits per heavy atom. The van der Waals surface area contributed by atoms with Gasteiger partial charge in [0, 0.05) is 56.7 Å². The van der Waals surface area contributed by atoms with Crippen LogP contribution in [0.15, 0.2) is 53.8 Å². The largest absolute Gasteiger partial charge is 0.369 e. The Labute approximate surface area is 156 Å². The van der Waals surface area contributed by atoms with Gasteiger partial charge in [0.25, 0.3) is 11.5 Å². The third-order valence-electron chi connectivity index (χ3n) is 4.96. The molecule has 0 spiro atoms. The van der Waals surface area contributed by atoms with E-state index >= 15 is 0 Å². The number of aryl methyl sites for hydroxylation is 1. The number of aromatic nitrogens is 3. The highest BCUT2D eigenvalue weighted by atomic mass is 16.2. The van der Waals surface area contributed by atoms with Crippen LogP contribution < -0.4 is 10.5 Å². The molecule has 0 atom stereocenters. The van der Waals surface area contributed by atoms with Crippen molar-refractivity contribution in [3.05, 3.63) is 70.5 Å². The van der Waals surface area contributed by atoms with Crippen molar-refractivity contribution in [1.82, 2.24) is 19.3 Å². The van der Waals surface area contributed by atoms with Crippen molar-refractivity contribution in [2.75, 3.05) is 31.1 Å². The Bertz CT molecular complexity index is 1050. The Morgan fingerprint density at radius 3 is 2.81 bits per heavy atom. The zero-order chi connectivity index (χ0) is 18.8. The quantitative estimate of drug-likeness (QED) is 0.694. The van der Waals surface area contributed by atoms with Gasteiger partial charge in [-0.3, -0.25) is 19.0 Å². The molecule has 3 aromatic heterocycles. The minimum absolute atomic E-state index is 0.118. The van der Waals surface area contributed by atoms with Gasteiger partial charge in [0.2, 0.25) is 0 Å². The number of anilines is 1. The van der Waals surface area contributed by atoms with Crippen LogP contribution in [0.2, 0.25) is 0 Å². The second kappa shape index (κ2) is 7.19. The first kappa shape index (κ1) is 17.2. The monoisotopic (exact) mass is 363 g/mol. The van der Waals surface area contributed by atoms with Crippen molar-refractivity contribution in [3.8, 4) is 0 Å². The number of hydrogen-bond acceptors (Lipinski definition) is 5. The average Bonchev–Trinajstić information content (AvgIpc) is 2.95. The van der Waals surface area contributed by atoms with Gasteiger partial charge in [0.05, 0.1) is 0 Å². The van der Waals surface area contributed by atoms with Crippen LogP contribution in [0.1, 0.15) is 22.3 Å². The van der Waals surface area contributed by atoms with E-state index in [0.29, 0.717) is 18.7 Å². The van der Waals surface area contributed by atoms with Crippen molar-refractivity contribution in [2.45, 2.75) is 13.3 Å². The number of carbonyl (C=O) groups is 1. The summed E-state index contributed by atoms with van der Waals surface area (Å²) >= 11 is 0. The van der Waals surface area contributed by atoms with E-state index in [4.69, 9.17) is 0 Å². The lowest BCUT2D eigenvalue weighted by molar-refractivity contribution is 0.0764. The number of carbonyl (C=O) groups excluding carboxylic acids is 1. The molecule has 4 heterocycles. The van der Waals surface area contributed by atoms with Crippen molar-refractivity contribution in [2.24, 2.45) is 0 Å². The Kier molecular flexibility index (Phi) is 4.58. The van der Waals surface area contributed by atoms with Gasteiger partial charge < -0.3 is 9.80 Å². The highest BCUT2D eigenvalue weighted by molar-refractivity contribution is 5.93. The lowest BCUT2D eigenvalue weighted by Gasteiger charge is -2.25. The summed E-state index contributed by atoms with van der Waals surface area (Å²) in [7, 11) is 0. The maximum Gasteiger partial charge on any atom is 0.270 e. The highest BCUT2D eigenvalue weighted by Gasteiger charge is 2.23. The minimum Gasteiger partial charge on any atom is -0.369 e. The maximum absolute atomic E-state index is 13.0. The summed E-state index contributed by atoms with van der Waals surface area (Å²) in [5.74, 6) is -0.251. The smallest absolute Gasteiger partial charge is 0.270 e. The standard InChI is InChI=1S/C20H21N5O2/c1-15-13-21-7-6-17(15)23-8-4-9-24(12-11-23)19(26)16-14-22-18-5-2-3-10-25(18)20(16)27/h2-3,5-7,10,13-14H,4,8-9,11-12H2,1H3. The second-order valence-electron chi connectivity index (χ2n) is 6.70. The molecule has 1 aliphatic heterocycles. The molecule has 27 heavy (non-hydrogen) atoms. The number of pyridine rings is 2. The van der Waals surface area contributed by atoms with Crippen LogP contribution in [0.5, 0.6) is 0 Å². The van der Waals surface area contributed by atoms with E-state index in [1.165, 1.54) is 10.6 Å². The fourth-order valence-corrected chi connectivity index (χ4v) is 3.53. The van der Waals surface area contributed by atoms with Crippen LogP contribution in [-0.4, -0.2) is 51.4 Å². The predicted molar refractivity (Wildman–Crippen MR) is 103 cm³/mol. The molecule has 138 valence electrons. The molecule has 1 aliphatic rings. The summed E-state index contributed by atoms with van der Waals surface area (Å²) in [5, 5.41) is 0. The van der Waals surface area contributed by atoms with Gasteiger partial charge in [0.1, 0.15) is 11.2 Å². The van der Waals surface area contributed by atoms with E-state index < -0.39 is 0 Å². The van der Waals surface area contributed by atoms with Gasteiger partial charge in [-0.15, -0.1) is 0 Å². The fourth-order valence-electron chi connectivity index (χ4n) is 3.53. The number of amides is 1. The Hall–Kier alpha value is -3.22. The van der Waals surface area contributed by atoms with Gasteiger partial charge in [-0.25, -0.2) is 4.98 Å². The summed E-state index contributed by atoms with van der Waals surface area (Å²) < 4.78 is 1.41. The average molecular weight is 363 g/mol. The molecular formula is C20H21N5O2. The van der Waals surface area contributed by atoms with Gasteiger partial charge in [-0.1, -0.05) is 6.07 Å². The minimum atomic E-state index is -0.323. The molecule has 0 aliphatic carbocycles. The lowest BCUT2D eigenvalue weighted by Crippen LogP contribution is -2.38. The first-order valence-electron chi connectivity index (χ1n) is 9.06. The molecule has 0 N–H and O–H groups in total. The number of rotatable bonds is 2. The molecule has 1 fully saturated rings. The number of hydrogen-bond donors (Lipinski definition) is 0. The molecule has 0 bridgehead atoms. The normalized spacial score (nSPS) is 15.0. The van der Waals surface area contributed by atoms with Gasteiger partial charge in [0.15, 0.2) is 0 Å². The van der Waals surface area contributed by atoms with Crippen LogP contribution >= 0.6 is 0 Å². The first-order valence-corrected chi connectivity index (χ1v) is 9.06. The number of fused-ring (bicyclic) bond motifs is 1. The summed E-state index contributed by atoms with van der Waals surface area (Å²) in [5.41, 5.74) is 2.60. The summed E-state index contributed by atoms with van der Waals surface area (Å²) in [6.07, 6.45) is 7.52. The third kappa shape index (κ3) is 3.28. The van der Waals surface area contributed by atoms with Crippen LogP contribution in [0, 0.1) is 6.92 Å². The summed E-state index contributed by atoms with van der Waals surface area (Å²) in [4.78, 5) is 38.1. The van der Waals surface area contributed by atoms with E-state index in [1.807, 2.05) is 25.3 Å². The van der Waals surface area contributed by atoms with Gasteiger partial charge in [-0.05, 0) is 37.1 Å². The first-order chi connectivity index (χ1) is 13.1. The third-order valence-corrected chi connectivity index (χ3v) is 4.96. The van der Waals surface area contributed by atoms with E-state index in [0.717, 1.165) is 30.8 Å². The SMILES string of the molecule is Cc1cnccc1N1CCCN(C(=O)c2cnc3ccccn3c2=O)CC1. The molecular weight excluding hydrogens is 342 g/mol. The van der Waals surface area contributed by atoms with Crippen molar-refractivity contribution in [3.63, 3.8) is 0 Å². The molecule has 3 aromatic rings. The second-order valence-corrected chi connectivity index (χ2v) is 6.70. The molecule has 0 unspecified atom stereocenters. The Balaban J connectivity index is 1.56. The molecule has 0 radical (unpaired) electrons. The molecule has 1 saturated heterocycles. The van der Waals surface area contributed by atoms with Crippen LogP contribution in [-0.2, 0) is 0 Å². The van der Waals surface area contributed by atoms with Gasteiger partial charge >= 0.3 is 0 Å². The van der Waals surface area contributed by atoms with Crippen molar-refractivity contribution >= 4 is 17.2 Å². The fraction of sp³-hybridized carbons (Fsp3) is 0.300. The van der Waals surface area contributed by atoms with Crippen LogP contribution in [0.4, 0.5) is 5.69 Å². The summed E-state index contributed by atoms with van der Waals surface area (Å²) in [6.45, 7) is 4.81. The van der Waals surface area contributed by atoms with Crippen LogP contribution in [0.3, 0.4) is 0 Å². The maximum atomic E-state index is 13.0. The number of nitrogens with zero attached hydrogens (tertiary/aromatic N) is 5. The van der Waals surface area contributed by atoms with E-state index in [2.05, 4.69) is 14.9 Å². The van der Waals surface area contributed by atoms with Crippen molar-refractivity contribution in [1.29, 1.82) is 0 Å². The molecule has 0 aromatic carbocycles. The Morgan fingerprint density at radius 1 is 1.07 bits per heavy atom. The lowest BCUT2D eigenvalue weighted by atomic mass is 10.2. The summed E-state index contributed by atoms with van der Waals surface area (Å²) in [6, 6.07) is 7.32. The van der Waals surface area contributed by atoms with E-state index in [1.54, 1.807) is 29.4 Å². The van der Waals surface area contributed by atoms with Gasteiger partial charge in [-0.2, -0.15) is 0 Å². The van der Waals surface area contributed by atoms with E-state index in [9.17, 15) is 9.59 Å². The van der Waals surface area contributed by atoms with Crippen molar-refractivity contribution < 1.29 is 4.79 Å². The molecule has 7 nitrogen and oxygen atoms in total. The highest BCUT2D eigenvalue weighted by Crippen LogP contribution is 2.20. The molecule has 0 saturated carbocycles. The predicted octanol–water partition coefficient (Wildman–Crippen LogP) is 1.75. The topological polar surface area (TPSA) is 70.8 Å².